The van der Waals surface area contributed by atoms with Crippen molar-refractivity contribution < 1.29 is 9.53 Å². The number of ether oxygens (including phenoxy) is 1. The predicted molar refractivity (Wildman–Crippen MR) is 101 cm³/mol. The maximum absolute atomic E-state index is 12.7. The summed E-state index contributed by atoms with van der Waals surface area (Å²) in [6.45, 7) is 6.11. The Labute approximate surface area is 150 Å². The molecular weight excluding hydrogens is 312 g/mol. The number of benzene rings is 2. The van der Waals surface area contributed by atoms with Gasteiger partial charge in [-0.2, -0.15) is 0 Å². The zero-order valence-electron chi connectivity index (χ0n) is 14.9. The summed E-state index contributed by atoms with van der Waals surface area (Å²) >= 11 is 0. The number of unbranched alkanes of at least 4 members (excludes halogenated alkanes) is 1. The lowest BCUT2D eigenvalue weighted by Gasteiger charge is -2.36. The number of rotatable bonds is 6. The molecule has 0 unspecified atom stereocenters. The van der Waals surface area contributed by atoms with Gasteiger partial charge in [0.15, 0.2) is 0 Å². The van der Waals surface area contributed by atoms with E-state index >= 15 is 0 Å². The van der Waals surface area contributed by atoms with Gasteiger partial charge in [0.25, 0.3) is 5.91 Å². The molecule has 0 aromatic heterocycles. The monoisotopic (exact) mass is 338 g/mol. The SMILES string of the molecule is CCCCOc1ccc(C(=O)N2CCN(c3ccccc3)CC2)cc1. The van der Waals surface area contributed by atoms with Crippen LogP contribution >= 0.6 is 0 Å². The van der Waals surface area contributed by atoms with Gasteiger partial charge < -0.3 is 14.5 Å². The first kappa shape index (κ1) is 17.3. The van der Waals surface area contributed by atoms with Gasteiger partial charge in [0, 0.05) is 37.4 Å². The molecule has 4 nitrogen and oxygen atoms in total. The Kier molecular flexibility index (Phi) is 5.94. The first-order valence-corrected chi connectivity index (χ1v) is 9.10. The van der Waals surface area contributed by atoms with Gasteiger partial charge in [-0.3, -0.25) is 4.79 Å². The van der Waals surface area contributed by atoms with Crippen molar-refractivity contribution in [1.29, 1.82) is 0 Å². The van der Waals surface area contributed by atoms with Crippen LogP contribution in [0.5, 0.6) is 5.75 Å². The van der Waals surface area contributed by atoms with Gasteiger partial charge in [0.05, 0.1) is 6.61 Å². The van der Waals surface area contributed by atoms with E-state index in [-0.39, 0.29) is 5.91 Å². The molecule has 1 heterocycles. The minimum Gasteiger partial charge on any atom is -0.494 e. The van der Waals surface area contributed by atoms with Gasteiger partial charge in [0.2, 0.25) is 0 Å². The van der Waals surface area contributed by atoms with Crippen molar-refractivity contribution in [2.45, 2.75) is 19.8 Å². The molecule has 4 heteroatoms. The second-order valence-corrected chi connectivity index (χ2v) is 6.34. The van der Waals surface area contributed by atoms with E-state index in [0.717, 1.165) is 56.9 Å². The molecule has 2 aromatic carbocycles. The largest absolute Gasteiger partial charge is 0.494 e. The van der Waals surface area contributed by atoms with Gasteiger partial charge >= 0.3 is 0 Å². The van der Waals surface area contributed by atoms with Crippen molar-refractivity contribution in [2.24, 2.45) is 0 Å². The van der Waals surface area contributed by atoms with E-state index in [1.54, 1.807) is 0 Å². The lowest BCUT2D eigenvalue weighted by molar-refractivity contribution is 0.0747. The number of anilines is 1. The molecule has 0 radical (unpaired) electrons. The summed E-state index contributed by atoms with van der Waals surface area (Å²) in [4.78, 5) is 16.9. The van der Waals surface area contributed by atoms with Crippen LogP contribution < -0.4 is 9.64 Å². The van der Waals surface area contributed by atoms with Crippen molar-refractivity contribution in [1.82, 2.24) is 4.90 Å². The van der Waals surface area contributed by atoms with Crippen LogP contribution in [0, 0.1) is 0 Å². The minimum atomic E-state index is 0.104. The van der Waals surface area contributed by atoms with Crippen LogP contribution in [-0.2, 0) is 0 Å². The van der Waals surface area contributed by atoms with Gasteiger partial charge in [0.1, 0.15) is 5.75 Å². The first-order chi connectivity index (χ1) is 12.3. The lowest BCUT2D eigenvalue weighted by Crippen LogP contribution is -2.48. The van der Waals surface area contributed by atoms with E-state index in [1.807, 2.05) is 35.2 Å². The number of carbonyl (C=O) groups excluding carboxylic acids is 1. The van der Waals surface area contributed by atoms with Crippen molar-refractivity contribution in [2.75, 3.05) is 37.7 Å². The third kappa shape index (κ3) is 4.53. The number of hydrogen-bond acceptors (Lipinski definition) is 3. The molecule has 3 rings (SSSR count). The van der Waals surface area contributed by atoms with Crippen LogP contribution in [0.3, 0.4) is 0 Å². The van der Waals surface area contributed by atoms with Crippen LogP contribution in [-0.4, -0.2) is 43.6 Å². The summed E-state index contributed by atoms with van der Waals surface area (Å²) in [7, 11) is 0. The van der Waals surface area contributed by atoms with Crippen molar-refractivity contribution in [3.8, 4) is 5.75 Å². The Morgan fingerprint density at radius 2 is 1.64 bits per heavy atom. The van der Waals surface area contributed by atoms with Crippen LogP contribution in [0.25, 0.3) is 0 Å². The fourth-order valence-electron chi connectivity index (χ4n) is 3.02. The van der Waals surface area contributed by atoms with Crippen LogP contribution in [0.2, 0.25) is 0 Å². The number of hydrogen-bond donors (Lipinski definition) is 0. The maximum atomic E-state index is 12.7. The van der Waals surface area contributed by atoms with Crippen LogP contribution in [0.1, 0.15) is 30.1 Å². The van der Waals surface area contributed by atoms with E-state index in [9.17, 15) is 4.79 Å². The normalized spacial score (nSPS) is 14.4. The van der Waals surface area contributed by atoms with Crippen LogP contribution in [0.4, 0.5) is 5.69 Å². The third-order valence-electron chi connectivity index (χ3n) is 4.56. The molecular formula is C21H26N2O2. The minimum absolute atomic E-state index is 0.104. The smallest absolute Gasteiger partial charge is 0.253 e. The first-order valence-electron chi connectivity index (χ1n) is 9.10. The standard InChI is InChI=1S/C21H26N2O2/c1-2-3-17-25-20-11-9-18(10-12-20)21(24)23-15-13-22(14-16-23)19-7-5-4-6-8-19/h4-12H,2-3,13-17H2,1H3. The molecule has 1 aliphatic heterocycles. The summed E-state index contributed by atoms with van der Waals surface area (Å²) in [6, 6.07) is 17.9. The molecule has 0 N–H and O–H groups in total. The summed E-state index contributed by atoms with van der Waals surface area (Å²) in [5.74, 6) is 0.937. The average Bonchev–Trinajstić information content (AvgIpc) is 2.69. The second kappa shape index (κ2) is 8.56. The van der Waals surface area contributed by atoms with E-state index in [0.29, 0.717) is 0 Å². The quantitative estimate of drug-likeness (QED) is 0.751. The summed E-state index contributed by atoms with van der Waals surface area (Å²) in [5, 5.41) is 0. The fraction of sp³-hybridized carbons (Fsp3) is 0.381. The number of para-hydroxylation sites is 1. The van der Waals surface area contributed by atoms with Crippen molar-refractivity contribution in [3.05, 3.63) is 60.2 Å². The van der Waals surface area contributed by atoms with E-state index < -0.39 is 0 Å². The molecule has 1 fully saturated rings. The molecule has 0 aliphatic carbocycles. The molecule has 2 aromatic rings. The van der Waals surface area contributed by atoms with Gasteiger partial charge in [-0.1, -0.05) is 31.5 Å². The van der Waals surface area contributed by atoms with Crippen LogP contribution in [0.15, 0.2) is 54.6 Å². The van der Waals surface area contributed by atoms with Gasteiger partial charge in [-0.25, -0.2) is 0 Å². The molecule has 25 heavy (non-hydrogen) atoms. The molecule has 132 valence electrons. The molecule has 0 saturated carbocycles. The molecule has 1 saturated heterocycles. The number of nitrogens with zero attached hydrogens (tertiary/aromatic N) is 2. The van der Waals surface area contributed by atoms with E-state index in [4.69, 9.17) is 4.74 Å². The van der Waals surface area contributed by atoms with E-state index in [2.05, 4.69) is 36.1 Å². The predicted octanol–water partition coefficient (Wildman–Crippen LogP) is 3.83. The molecule has 1 aliphatic rings. The maximum Gasteiger partial charge on any atom is 0.253 e. The Morgan fingerprint density at radius 1 is 0.960 bits per heavy atom. The highest BCUT2D eigenvalue weighted by Gasteiger charge is 2.22. The zero-order chi connectivity index (χ0) is 17.5. The lowest BCUT2D eigenvalue weighted by atomic mass is 10.1. The summed E-state index contributed by atoms with van der Waals surface area (Å²) in [5.41, 5.74) is 1.96. The second-order valence-electron chi connectivity index (χ2n) is 6.34. The number of piperazine rings is 1. The highest BCUT2D eigenvalue weighted by molar-refractivity contribution is 5.94. The van der Waals surface area contributed by atoms with Gasteiger partial charge in [-0.15, -0.1) is 0 Å². The molecule has 0 atom stereocenters. The number of carbonyl (C=O) groups is 1. The molecule has 0 bridgehead atoms. The number of amides is 1. The highest BCUT2D eigenvalue weighted by atomic mass is 16.5. The van der Waals surface area contributed by atoms with E-state index in [1.165, 1.54) is 5.69 Å². The highest BCUT2D eigenvalue weighted by Crippen LogP contribution is 2.18. The fourth-order valence-corrected chi connectivity index (χ4v) is 3.02. The molecule has 1 amide bonds. The Morgan fingerprint density at radius 3 is 2.28 bits per heavy atom. The Bertz CT molecular complexity index is 662. The Balaban J connectivity index is 1.53. The average molecular weight is 338 g/mol. The summed E-state index contributed by atoms with van der Waals surface area (Å²) in [6.07, 6.45) is 2.16. The Hall–Kier alpha value is -2.49. The third-order valence-corrected chi connectivity index (χ3v) is 4.56. The van der Waals surface area contributed by atoms with Gasteiger partial charge in [-0.05, 0) is 42.8 Å². The summed E-state index contributed by atoms with van der Waals surface area (Å²) < 4.78 is 5.66. The zero-order valence-corrected chi connectivity index (χ0v) is 14.9. The van der Waals surface area contributed by atoms with Crippen molar-refractivity contribution >= 4 is 11.6 Å². The molecule has 0 spiro atoms. The topological polar surface area (TPSA) is 32.8 Å². The van der Waals surface area contributed by atoms with Crippen molar-refractivity contribution in [3.63, 3.8) is 0 Å².